The minimum atomic E-state index is -0.727. The quantitative estimate of drug-likeness (QED) is 0.373. The molecule has 3 aromatic heterocycles. The Kier molecular flexibility index (Phi) is 7.12. The van der Waals surface area contributed by atoms with E-state index in [2.05, 4.69) is 15.3 Å². The topological polar surface area (TPSA) is 117 Å². The predicted molar refractivity (Wildman–Crippen MR) is 138 cm³/mol. The summed E-state index contributed by atoms with van der Waals surface area (Å²) in [6.07, 6.45) is 6.40. The minimum absolute atomic E-state index is 0.0200. The first-order chi connectivity index (χ1) is 18.4. The van der Waals surface area contributed by atoms with Gasteiger partial charge in [-0.15, -0.1) is 0 Å². The van der Waals surface area contributed by atoms with Crippen molar-refractivity contribution in [3.8, 4) is 5.75 Å². The summed E-state index contributed by atoms with van der Waals surface area (Å²) in [5.74, 6) is -1.55. The van der Waals surface area contributed by atoms with Crippen LogP contribution in [0.1, 0.15) is 39.9 Å². The van der Waals surface area contributed by atoms with Gasteiger partial charge in [0.2, 0.25) is 5.91 Å². The minimum Gasteiger partial charge on any atom is -0.505 e. The summed E-state index contributed by atoms with van der Waals surface area (Å²) in [7, 11) is 0. The first-order valence-electron chi connectivity index (χ1n) is 12.3. The van der Waals surface area contributed by atoms with Gasteiger partial charge in [-0.2, -0.15) is 0 Å². The average Bonchev–Trinajstić information content (AvgIpc) is 3.33. The normalized spacial score (nSPS) is 13.3. The number of aromatic nitrogens is 3. The third-order valence-corrected chi connectivity index (χ3v) is 6.65. The lowest BCUT2D eigenvalue weighted by Gasteiger charge is -2.19. The van der Waals surface area contributed by atoms with Gasteiger partial charge in [-0.05, 0) is 59.9 Å². The Bertz CT molecular complexity index is 1550. The first-order valence-corrected chi connectivity index (χ1v) is 12.3. The van der Waals surface area contributed by atoms with Crippen molar-refractivity contribution in [1.29, 1.82) is 0 Å². The van der Waals surface area contributed by atoms with Crippen molar-refractivity contribution < 1.29 is 19.1 Å². The van der Waals surface area contributed by atoms with Gasteiger partial charge in [-0.25, -0.2) is 4.39 Å². The van der Waals surface area contributed by atoms with Gasteiger partial charge in [0.25, 0.3) is 11.5 Å². The molecule has 1 aliphatic heterocycles. The van der Waals surface area contributed by atoms with E-state index in [1.807, 2.05) is 0 Å². The molecule has 0 aliphatic carbocycles. The fourth-order valence-electron chi connectivity index (χ4n) is 4.64. The number of nitrogens with one attached hydrogen (secondary N) is 1. The van der Waals surface area contributed by atoms with Crippen molar-refractivity contribution in [1.82, 2.24) is 24.8 Å². The number of likely N-dealkylation sites (tertiary alicyclic amines) is 1. The number of hydrogen-bond acceptors (Lipinski definition) is 6. The molecule has 2 N–H and O–H groups in total. The summed E-state index contributed by atoms with van der Waals surface area (Å²) in [5, 5.41) is 13.7. The van der Waals surface area contributed by atoms with Crippen LogP contribution in [0.15, 0.2) is 65.8 Å². The monoisotopic (exact) mass is 515 g/mol. The van der Waals surface area contributed by atoms with E-state index in [0.29, 0.717) is 31.4 Å². The van der Waals surface area contributed by atoms with Gasteiger partial charge in [-0.1, -0.05) is 12.1 Å². The second kappa shape index (κ2) is 10.8. The third kappa shape index (κ3) is 5.24. The molecular weight excluding hydrogens is 489 g/mol. The van der Waals surface area contributed by atoms with Gasteiger partial charge in [0.1, 0.15) is 16.9 Å². The lowest BCUT2D eigenvalue weighted by atomic mass is 10.1. The summed E-state index contributed by atoms with van der Waals surface area (Å²) in [6.45, 7) is 1.17. The van der Waals surface area contributed by atoms with E-state index in [1.54, 1.807) is 53.8 Å². The highest BCUT2D eigenvalue weighted by Gasteiger charge is 2.25. The number of rotatable bonds is 8. The van der Waals surface area contributed by atoms with Gasteiger partial charge in [0, 0.05) is 51.2 Å². The number of aromatic hydroxyl groups is 1. The average molecular weight is 516 g/mol. The molecule has 0 spiro atoms. The van der Waals surface area contributed by atoms with Gasteiger partial charge in [0.05, 0.1) is 5.52 Å². The number of halogens is 1. The molecular formula is C28H26FN5O4. The Morgan fingerprint density at radius 3 is 2.50 bits per heavy atom. The maximum atomic E-state index is 13.6. The summed E-state index contributed by atoms with van der Waals surface area (Å²) >= 11 is 0. The highest BCUT2D eigenvalue weighted by Crippen LogP contribution is 2.26. The molecule has 194 valence electrons. The van der Waals surface area contributed by atoms with Gasteiger partial charge in [0.15, 0.2) is 5.75 Å². The van der Waals surface area contributed by atoms with E-state index in [4.69, 9.17) is 0 Å². The van der Waals surface area contributed by atoms with E-state index in [0.717, 1.165) is 23.1 Å². The molecule has 38 heavy (non-hydrogen) atoms. The first kappa shape index (κ1) is 25.1. The highest BCUT2D eigenvalue weighted by molar-refractivity contribution is 6.01. The number of benzene rings is 1. The molecule has 0 saturated carbocycles. The number of hydrogen-bond donors (Lipinski definition) is 2. The van der Waals surface area contributed by atoms with Crippen LogP contribution >= 0.6 is 0 Å². The lowest BCUT2D eigenvalue weighted by molar-refractivity contribution is -0.127. The maximum absolute atomic E-state index is 13.6. The van der Waals surface area contributed by atoms with Crippen molar-refractivity contribution in [3.05, 3.63) is 99.5 Å². The standard InChI is InChI=1S/C28H26FN5O4/c29-21-5-3-18(4-6-21)14-20-15-22-25(31-17-20)26(36)24(27(37)32-16-19-7-9-30-10-8-19)28(38)34(22)13-12-33-11-1-2-23(33)35/h3-10,15,17,36H,1-2,11-14,16H2,(H,32,37). The fourth-order valence-corrected chi connectivity index (χ4v) is 4.64. The zero-order valence-electron chi connectivity index (χ0n) is 20.6. The van der Waals surface area contributed by atoms with Crippen LogP contribution in [-0.2, 0) is 24.3 Å². The number of pyridine rings is 3. The Morgan fingerprint density at radius 1 is 1.03 bits per heavy atom. The Morgan fingerprint density at radius 2 is 1.79 bits per heavy atom. The van der Waals surface area contributed by atoms with Crippen LogP contribution in [0.25, 0.3) is 11.0 Å². The number of fused-ring (bicyclic) bond motifs is 1. The molecule has 5 rings (SSSR count). The SMILES string of the molecule is O=C(NCc1ccncc1)c1c(O)c2ncc(Cc3ccc(F)cc3)cc2n(CCN2CCCC2=O)c1=O. The fraction of sp³-hybridized carbons (Fsp3) is 0.250. The zero-order valence-corrected chi connectivity index (χ0v) is 20.6. The second-order valence-electron chi connectivity index (χ2n) is 9.22. The molecule has 1 aliphatic rings. The number of carbonyl (C=O) groups excluding carboxylic acids is 2. The Balaban J connectivity index is 1.52. The van der Waals surface area contributed by atoms with Crippen molar-refractivity contribution in [2.75, 3.05) is 13.1 Å². The van der Waals surface area contributed by atoms with Crippen molar-refractivity contribution in [3.63, 3.8) is 0 Å². The molecule has 1 aromatic carbocycles. The molecule has 0 bridgehead atoms. The van der Waals surface area contributed by atoms with E-state index in [9.17, 15) is 23.9 Å². The molecule has 0 unspecified atom stereocenters. The second-order valence-corrected chi connectivity index (χ2v) is 9.22. The Hall–Kier alpha value is -4.60. The lowest BCUT2D eigenvalue weighted by Crippen LogP contribution is -2.36. The molecule has 2 amide bonds. The number of carbonyl (C=O) groups is 2. The van der Waals surface area contributed by atoms with E-state index < -0.39 is 22.8 Å². The van der Waals surface area contributed by atoms with Crippen LogP contribution < -0.4 is 10.9 Å². The van der Waals surface area contributed by atoms with Crippen LogP contribution in [-0.4, -0.2) is 49.4 Å². The van der Waals surface area contributed by atoms with Crippen molar-refractivity contribution in [2.45, 2.75) is 32.4 Å². The van der Waals surface area contributed by atoms with Gasteiger partial charge < -0.3 is 19.9 Å². The van der Waals surface area contributed by atoms with Crippen LogP contribution in [0.5, 0.6) is 5.75 Å². The van der Waals surface area contributed by atoms with E-state index >= 15 is 0 Å². The highest BCUT2D eigenvalue weighted by atomic mass is 19.1. The Labute approximate surface area is 217 Å². The molecule has 10 heteroatoms. The molecule has 1 fully saturated rings. The van der Waals surface area contributed by atoms with E-state index in [1.165, 1.54) is 16.7 Å². The molecule has 1 saturated heterocycles. The number of nitrogens with zero attached hydrogens (tertiary/aromatic N) is 4. The molecule has 0 radical (unpaired) electrons. The molecule has 4 aromatic rings. The third-order valence-electron chi connectivity index (χ3n) is 6.65. The summed E-state index contributed by atoms with van der Waals surface area (Å²) in [6, 6.07) is 11.3. The molecule has 0 atom stereocenters. The zero-order chi connectivity index (χ0) is 26.6. The number of amides is 2. The summed E-state index contributed by atoms with van der Waals surface area (Å²) < 4.78 is 14.7. The maximum Gasteiger partial charge on any atom is 0.267 e. The summed E-state index contributed by atoms with van der Waals surface area (Å²) in [4.78, 5) is 48.9. The van der Waals surface area contributed by atoms with Gasteiger partial charge >= 0.3 is 0 Å². The van der Waals surface area contributed by atoms with Crippen LogP contribution in [0.3, 0.4) is 0 Å². The van der Waals surface area contributed by atoms with Crippen molar-refractivity contribution in [2.24, 2.45) is 0 Å². The van der Waals surface area contributed by atoms with Crippen molar-refractivity contribution >= 4 is 22.8 Å². The van der Waals surface area contributed by atoms with Crippen LogP contribution in [0.2, 0.25) is 0 Å². The van der Waals surface area contributed by atoms with E-state index in [-0.39, 0.29) is 30.3 Å². The predicted octanol–water partition coefficient (Wildman–Crippen LogP) is 2.78. The van der Waals surface area contributed by atoms with Crippen LogP contribution in [0.4, 0.5) is 4.39 Å². The molecule has 9 nitrogen and oxygen atoms in total. The van der Waals surface area contributed by atoms with Crippen LogP contribution in [0, 0.1) is 5.82 Å². The smallest absolute Gasteiger partial charge is 0.267 e. The van der Waals surface area contributed by atoms with Gasteiger partial charge in [-0.3, -0.25) is 24.4 Å². The largest absolute Gasteiger partial charge is 0.505 e. The molecule has 4 heterocycles. The summed E-state index contributed by atoms with van der Waals surface area (Å²) in [5.41, 5.74) is 1.75.